The molecular weight excluding hydrogens is 504 g/mol. The largest absolute Gasteiger partial charge is 0.368 e. The number of H-pyrrole nitrogens is 1. The zero-order valence-corrected chi connectivity index (χ0v) is 22.1. The van der Waals surface area contributed by atoms with E-state index in [-0.39, 0.29) is 21.6 Å². The molecule has 1 aliphatic rings. The number of anilines is 1. The van der Waals surface area contributed by atoms with Gasteiger partial charge >= 0.3 is 0 Å². The van der Waals surface area contributed by atoms with E-state index in [1.165, 1.54) is 0 Å². The second-order valence-electron chi connectivity index (χ2n) is 8.89. The fourth-order valence-corrected chi connectivity index (χ4v) is 6.81. The highest BCUT2D eigenvalue weighted by Gasteiger charge is 2.28. The van der Waals surface area contributed by atoms with Crippen molar-refractivity contribution in [3.63, 3.8) is 0 Å². The van der Waals surface area contributed by atoms with Crippen LogP contribution in [-0.4, -0.2) is 61.1 Å². The summed E-state index contributed by atoms with van der Waals surface area (Å²) in [5, 5.41) is 0.316. The maximum atomic E-state index is 13.5. The summed E-state index contributed by atoms with van der Waals surface area (Å²) in [7, 11) is -3.85. The molecule has 1 aliphatic heterocycles. The van der Waals surface area contributed by atoms with Crippen molar-refractivity contribution in [1.29, 1.82) is 0 Å². The maximum Gasteiger partial charge on any atom is 0.233 e. The Kier molecular flexibility index (Phi) is 7.34. The Morgan fingerprint density at radius 3 is 2.16 bits per heavy atom. The van der Waals surface area contributed by atoms with Crippen molar-refractivity contribution >= 4 is 33.2 Å². The van der Waals surface area contributed by atoms with E-state index >= 15 is 0 Å². The normalized spacial score (nSPS) is 14.1. The number of carbonyl (C=O) groups is 1. The van der Waals surface area contributed by atoms with E-state index in [0.717, 1.165) is 41.7 Å². The first-order valence-corrected chi connectivity index (χ1v) is 14.6. The minimum absolute atomic E-state index is 0.0148. The van der Waals surface area contributed by atoms with Crippen LogP contribution in [0.5, 0.6) is 0 Å². The van der Waals surface area contributed by atoms with Crippen LogP contribution in [0.2, 0.25) is 0 Å². The van der Waals surface area contributed by atoms with Crippen LogP contribution in [0.3, 0.4) is 0 Å². The average Bonchev–Trinajstić information content (AvgIpc) is 3.38. The zero-order chi connectivity index (χ0) is 25.8. The van der Waals surface area contributed by atoms with E-state index in [2.05, 4.69) is 27.0 Å². The smallest absolute Gasteiger partial charge is 0.233 e. The highest BCUT2D eigenvalue weighted by molar-refractivity contribution is 8.00. The van der Waals surface area contributed by atoms with Crippen molar-refractivity contribution in [1.82, 2.24) is 14.9 Å². The first-order chi connectivity index (χ1) is 17.9. The number of thioether (sulfide) groups is 1. The number of benzene rings is 3. The summed E-state index contributed by atoms with van der Waals surface area (Å²) in [6, 6.07) is 26.2. The summed E-state index contributed by atoms with van der Waals surface area (Å²) >= 11 is 1.16. The molecule has 0 atom stereocenters. The third kappa shape index (κ3) is 5.57. The Balaban J connectivity index is 1.34. The van der Waals surface area contributed by atoms with Crippen LogP contribution in [0.15, 0.2) is 99.9 Å². The molecule has 0 aliphatic carbocycles. The summed E-state index contributed by atoms with van der Waals surface area (Å²) < 4.78 is 27.0. The molecule has 4 aromatic rings. The fraction of sp³-hybridized carbons (Fsp3) is 0.214. The molecular formula is C28H28N4O3S2. The van der Waals surface area contributed by atoms with Gasteiger partial charge in [0.25, 0.3) is 0 Å². The van der Waals surface area contributed by atoms with Crippen LogP contribution in [0.1, 0.15) is 5.56 Å². The predicted molar refractivity (Wildman–Crippen MR) is 147 cm³/mol. The van der Waals surface area contributed by atoms with E-state index in [1.807, 2.05) is 54.3 Å². The van der Waals surface area contributed by atoms with E-state index in [0.29, 0.717) is 23.9 Å². The van der Waals surface area contributed by atoms with Crippen molar-refractivity contribution < 1.29 is 13.2 Å². The first kappa shape index (κ1) is 25.1. The molecule has 1 fully saturated rings. The number of imidazole rings is 1. The minimum Gasteiger partial charge on any atom is -0.368 e. The molecule has 37 heavy (non-hydrogen) atoms. The van der Waals surface area contributed by atoms with Gasteiger partial charge in [-0.15, -0.1) is 0 Å². The van der Waals surface area contributed by atoms with Crippen molar-refractivity contribution in [2.24, 2.45) is 0 Å². The molecule has 190 valence electrons. The van der Waals surface area contributed by atoms with Crippen LogP contribution in [-0.2, 0) is 14.6 Å². The second kappa shape index (κ2) is 10.8. The lowest BCUT2D eigenvalue weighted by atomic mass is 10.1. The molecule has 0 radical (unpaired) electrons. The van der Waals surface area contributed by atoms with Crippen molar-refractivity contribution in [3.8, 4) is 11.4 Å². The number of hydrogen-bond donors (Lipinski definition) is 1. The number of aromatic amines is 1. The van der Waals surface area contributed by atoms with Gasteiger partial charge in [0.2, 0.25) is 15.7 Å². The summed E-state index contributed by atoms with van der Waals surface area (Å²) in [5.41, 5.74) is 3.03. The number of aryl methyl sites for hydroxylation is 1. The topological polar surface area (TPSA) is 86.4 Å². The van der Waals surface area contributed by atoms with Gasteiger partial charge in [-0.3, -0.25) is 4.79 Å². The number of sulfone groups is 1. The van der Waals surface area contributed by atoms with E-state index in [1.54, 1.807) is 30.3 Å². The molecule has 7 nitrogen and oxygen atoms in total. The highest BCUT2D eigenvalue weighted by atomic mass is 32.2. The lowest BCUT2D eigenvalue weighted by molar-refractivity contribution is -0.128. The Labute approximate surface area is 221 Å². The van der Waals surface area contributed by atoms with Gasteiger partial charge in [0.1, 0.15) is 10.9 Å². The van der Waals surface area contributed by atoms with Gasteiger partial charge < -0.3 is 14.8 Å². The number of nitrogens with zero attached hydrogens (tertiary/aromatic N) is 3. The molecule has 0 spiro atoms. The quantitative estimate of drug-likeness (QED) is 0.349. The molecule has 0 bridgehead atoms. The third-order valence-electron chi connectivity index (χ3n) is 6.37. The highest BCUT2D eigenvalue weighted by Crippen LogP contribution is 2.32. The van der Waals surface area contributed by atoms with Gasteiger partial charge in [0.15, 0.2) is 5.03 Å². The molecule has 1 saturated heterocycles. The van der Waals surface area contributed by atoms with Gasteiger partial charge in [0.05, 0.1) is 10.6 Å². The molecule has 0 unspecified atom stereocenters. The molecule has 9 heteroatoms. The Bertz CT molecular complexity index is 1460. The van der Waals surface area contributed by atoms with Crippen LogP contribution < -0.4 is 4.90 Å². The number of hydrogen-bond acceptors (Lipinski definition) is 6. The molecule has 3 aromatic carbocycles. The van der Waals surface area contributed by atoms with Gasteiger partial charge in [-0.1, -0.05) is 78.0 Å². The van der Waals surface area contributed by atoms with Crippen molar-refractivity contribution in [3.05, 3.63) is 90.5 Å². The third-order valence-corrected chi connectivity index (χ3v) is 9.19. The molecule has 1 N–H and O–H groups in total. The summed E-state index contributed by atoms with van der Waals surface area (Å²) in [6.07, 6.45) is 0. The average molecular weight is 533 g/mol. The number of carbonyl (C=O) groups excluding carboxylic acids is 1. The molecule has 1 amide bonds. The van der Waals surface area contributed by atoms with Gasteiger partial charge in [0, 0.05) is 37.4 Å². The van der Waals surface area contributed by atoms with Crippen molar-refractivity contribution in [2.75, 3.05) is 36.8 Å². The fourth-order valence-electron chi connectivity index (χ4n) is 4.26. The minimum atomic E-state index is -3.85. The number of piperazine rings is 1. The Morgan fingerprint density at radius 2 is 1.51 bits per heavy atom. The van der Waals surface area contributed by atoms with E-state index in [4.69, 9.17) is 0 Å². The Hall–Kier alpha value is -3.56. The molecule has 2 heterocycles. The van der Waals surface area contributed by atoms with Gasteiger partial charge in [-0.25, -0.2) is 13.4 Å². The number of nitrogens with one attached hydrogen (secondary N) is 1. The molecule has 0 saturated carbocycles. The van der Waals surface area contributed by atoms with Gasteiger partial charge in [-0.05, 0) is 31.2 Å². The van der Waals surface area contributed by atoms with Crippen LogP contribution >= 0.6 is 11.8 Å². The maximum absolute atomic E-state index is 13.5. The summed E-state index contributed by atoms with van der Waals surface area (Å²) in [6.45, 7) is 4.75. The predicted octanol–water partition coefficient (Wildman–Crippen LogP) is 4.66. The number of amides is 1. The molecule has 1 aromatic heterocycles. The number of aromatic nitrogens is 2. The van der Waals surface area contributed by atoms with Crippen LogP contribution in [0, 0.1) is 6.92 Å². The Morgan fingerprint density at radius 1 is 0.892 bits per heavy atom. The first-order valence-electron chi connectivity index (χ1n) is 12.1. The summed E-state index contributed by atoms with van der Waals surface area (Å²) in [4.78, 5) is 25.0. The lowest BCUT2D eigenvalue weighted by Crippen LogP contribution is -2.49. The number of para-hydroxylation sites is 1. The number of rotatable bonds is 7. The standard InChI is InChI=1S/C28H28N4O3S2/c1-21-12-14-22(15-13-21)26-29-27(28(30-26)37(34,35)24-10-6-3-7-11-24)36-20-25(33)32-18-16-31(17-19-32)23-8-4-2-5-9-23/h2-15H,16-20H2,1H3,(H,29,30). The SMILES string of the molecule is Cc1ccc(-c2nc(SCC(=O)N3CCN(c4ccccc4)CC3)c(S(=O)(=O)c3ccccc3)[nH]2)cc1. The van der Waals surface area contributed by atoms with E-state index < -0.39 is 9.84 Å². The summed E-state index contributed by atoms with van der Waals surface area (Å²) in [5.74, 6) is 0.544. The second-order valence-corrected chi connectivity index (χ2v) is 11.7. The van der Waals surface area contributed by atoms with Crippen LogP contribution in [0.4, 0.5) is 5.69 Å². The van der Waals surface area contributed by atoms with Crippen molar-refractivity contribution in [2.45, 2.75) is 21.9 Å². The molecule has 5 rings (SSSR count). The van der Waals surface area contributed by atoms with Crippen LogP contribution in [0.25, 0.3) is 11.4 Å². The zero-order valence-electron chi connectivity index (χ0n) is 20.5. The van der Waals surface area contributed by atoms with Gasteiger partial charge in [-0.2, -0.15) is 0 Å². The van der Waals surface area contributed by atoms with E-state index in [9.17, 15) is 13.2 Å². The lowest BCUT2D eigenvalue weighted by Gasteiger charge is -2.36. The monoisotopic (exact) mass is 532 g/mol.